The lowest BCUT2D eigenvalue weighted by Crippen LogP contribution is -2.63. The molecule has 1 aliphatic rings. The molecule has 0 aliphatic carbocycles. The van der Waals surface area contributed by atoms with Crippen LogP contribution in [0.2, 0.25) is 0 Å². The largest absolute Gasteiger partial charge is 0.493 e. The Kier molecular flexibility index (Phi) is 11.9. The summed E-state index contributed by atoms with van der Waals surface area (Å²) in [6.07, 6.45) is -5.37. The smallest absolute Gasteiger partial charge is 0.331 e. The van der Waals surface area contributed by atoms with Gasteiger partial charge in [-0.05, 0) is 30.2 Å². The third-order valence-electron chi connectivity index (χ3n) is 5.66. The predicted molar refractivity (Wildman–Crippen MR) is 138 cm³/mol. The van der Waals surface area contributed by atoms with Gasteiger partial charge in [0.25, 0.3) is 0 Å². The van der Waals surface area contributed by atoms with E-state index in [1.807, 2.05) is 0 Å². The highest BCUT2D eigenvalue weighted by Gasteiger charge is 2.53. The number of carbonyl (C=O) groups is 5. The topological polar surface area (TPSA) is 179 Å². The van der Waals surface area contributed by atoms with E-state index in [0.717, 1.165) is 27.7 Å². The van der Waals surface area contributed by atoms with Crippen LogP contribution in [0.5, 0.6) is 17.2 Å². The molecular weight excluding hydrogens is 548 g/mol. The zero-order chi connectivity index (χ0) is 30.9. The molecule has 41 heavy (non-hydrogen) atoms. The molecular formula is C27H34O14. The summed E-state index contributed by atoms with van der Waals surface area (Å²) >= 11 is 0. The highest BCUT2D eigenvalue weighted by molar-refractivity contribution is 5.92. The second-order valence-electron chi connectivity index (χ2n) is 8.77. The molecule has 0 radical (unpaired) electrons. The molecule has 0 unspecified atom stereocenters. The second-order valence-corrected chi connectivity index (χ2v) is 8.77. The molecule has 1 heterocycles. The van der Waals surface area contributed by atoms with Gasteiger partial charge in [0.2, 0.25) is 18.1 Å². The van der Waals surface area contributed by atoms with Gasteiger partial charge < -0.3 is 43.0 Å². The first-order valence-corrected chi connectivity index (χ1v) is 12.5. The molecule has 2 rings (SSSR count). The fraction of sp³-hybridized carbons (Fsp3) is 0.519. The summed E-state index contributed by atoms with van der Waals surface area (Å²) in [5.41, 5.74) is 0.550. The molecule has 0 saturated carbocycles. The Balaban J connectivity index is 2.65. The van der Waals surface area contributed by atoms with Crippen molar-refractivity contribution in [1.82, 2.24) is 0 Å². The molecule has 0 aromatic heterocycles. The Morgan fingerprint density at radius 2 is 1.34 bits per heavy atom. The van der Waals surface area contributed by atoms with Crippen molar-refractivity contribution in [1.29, 1.82) is 0 Å². The highest BCUT2D eigenvalue weighted by atomic mass is 16.7. The van der Waals surface area contributed by atoms with Crippen LogP contribution in [-0.4, -0.2) is 86.5 Å². The third-order valence-corrected chi connectivity index (χ3v) is 5.66. The van der Waals surface area contributed by atoms with Crippen LogP contribution < -0.4 is 14.2 Å². The number of aliphatic carboxylic acids is 1. The van der Waals surface area contributed by atoms with Gasteiger partial charge in [-0.25, -0.2) is 4.79 Å². The van der Waals surface area contributed by atoms with Crippen LogP contribution in [0, 0.1) is 0 Å². The quantitative estimate of drug-likeness (QED) is 0.215. The van der Waals surface area contributed by atoms with E-state index >= 15 is 0 Å². The molecule has 14 nitrogen and oxygen atoms in total. The van der Waals surface area contributed by atoms with Crippen molar-refractivity contribution in [2.24, 2.45) is 0 Å². The van der Waals surface area contributed by atoms with E-state index in [2.05, 4.69) is 0 Å². The van der Waals surface area contributed by atoms with E-state index < -0.39 is 67.2 Å². The number of benzene rings is 1. The number of carbonyl (C=O) groups excluding carboxylic acids is 4. The van der Waals surface area contributed by atoms with Gasteiger partial charge in [-0.15, -0.1) is 0 Å². The molecule has 1 aromatic rings. The number of carboxylic acids is 1. The van der Waals surface area contributed by atoms with Crippen LogP contribution in [0.15, 0.2) is 17.7 Å². The lowest BCUT2D eigenvalue weighted by Gasteiger charge is -2.44. The summed E-state index contributed by atoms with van der Waals surface area (Å²) in [6, 6.07) is 2.98. The minimum absolute atomic E-state index is 0.0403. The summed E-state index contributed by atoms with van der Waals surface area (Å²) in [4.78, 5) is 59.1. The lowest BCUT2D eigenvalue weighted by molar-refractivity contribution is -0.288. The zero-order valence-corrected chi connectivity index (χ0v) is 23.8. The van der Waals surface area contributed by atoms with E-state index in [0.29, 0.717) is 5.56 Å². The fourth-order valence-corrected chi connectivity index (χ4v) is 4.02. The maximum Gasteiger partial charge on any atom is 0.331 e. The van der Waals surface area contributed by atoms with Crippen molar-refractivity contribution in [2.45, 2.75) is 71.7 Å². The van der Waals surface area contributed by atoms with Gasteiger partial charge in [-0.1, -0.05) is 6.92 Å². The van der Waals surface area contributed by atoms with Crippen molar-refractivity contribution in [2.75, 3.05) is 20.8 Å². The van der Waals surface area contributed by atoms with Crippen molar-refractivity contribution < 1.29 is 67.0 Å². The summed E-state index contributed by atoms with van der Waals surface area (Å²) in [7, 11) is 2.67. The van der Waals surface area contributed by atoms with Crippen molar-refractivity contribution >= 4 is 35.9 Å². The van der Waals surface area contributed by atoms with Crippen molar-refractivity contribution in [3.05, 3.63) is 23.3 Å². The van der Waals surface area contributed by atoms with Crippen LogP contribution >= 0.6 is 0 Å². The minimum atomic E-state index is -1.54. The number of hydrogen-bond acceptors (Lipinski definition) is 13. The first-order chi connectivity index (χ1) is 19.3. The average Bonchev–Trinajstić information content (AvgIpc) is 2.88. The standard InChI is InChI=1S/C27H34O14/c1-8-18(26(32)33)9-17-10-19(34-6)22(20(11-17)35-7)41-27-25(39-16(5)31)24(38-15(4)30)23(37-14(3)29)21(40-27)12-36-13(2)28/h9-11,21,23-25,27H,8,12H2,1-7H3,(H,32,33)/t21-,23+,24+,25-,27+/m1/s1. The Labute approximate surface area is 236 Å². The van der Waals surface area contributed by atoms with Gasteiger partial charge in [-0.2, -0.15) is 0 Å². The average molecular weight is 583 g/mol. The zero-order valence-electron chi connectivity index (χ0n) is 23.8. The van der Waals surface area contributed by atoms with Crippen LogP contribution in [-0.2, 0) is 47.7 Å². The van der Waals surface area contributed by atoms with Gasteiger partial charge in [-0.3, -0.25) is 19.2 Å². The summed E-state index contributed by atoms with van der Waals surface area (Å²) in [6.45, 7) is 5.72. The monoisotopic (exact) mass is 582 g/mol. The summed E-state index contributed by atoms with van der Waals surface area (Å²) < 4.78 is 44.2. The number of carboxylic acid groups (broad SMARTS) is 1. The molecule has 14 heteroatoms. The number of ether oxygens (including phenoxy) is 8. The third kappa shape index (κ3) is 9.10. The predicted octanol–water partition coefficient (Wildman–Crippen LogP) is 2.04. The van der Waals surface area contributed by atoms with Crippen LogP contribution in [0.4, 0.5) is 0 Å². The lowest BCUT2D eigenvalue weighted by atomic mass is 9.98. The number of hydrogen-bond donors (Lipinski definition) is 1. The Morgan fingerprint density at radius 3 is 1.78 bits per heavy atom. The highest BCUT2D eigenvalue weighted by Crippen LogP contribution is 2.42. The van der Waals surface area contributed by atoms with Gasteiger partial charge in [0.1, 0.15) is 12.7 Å². The molecule has 0 bridgehead atoms. The SMILES string of the molecule is CCC(=Cc1cc(OC)c(O[C@@H]2O[C@H](COC(C)=O)[C@H](OC(C)=O)[C@H](OC(C)=O)[C@H]2OC(C)=O)c(OC)c1)C(=O)O. The van der Waals surface area contributed by atoms with Gasteiger partial charge >= 0.3 is 29.8 Å². The van der Waals surface area contributed by atoms with E-state index in [-0.39, 0.29) is 29.2 Å². The molecule has 1 N–H and O–H groups in total. The Bertz CT molecular complexity index is 1150. The maximum atomic E-state index is 12.1. The second kappa shape index (κ2) is 14.9. The van der Waals surface area contributed by atoms with Crippen LogP contribution in [0.1, 0.15) is 46.6 Å². The van der Waals surface area contributed by atoms with Crippen LogP contribution in [0.25, 0.3) is 6.08 Å². The molecule has 5 atom stereocenters. The van der Waals surface area contributed by atoms with E-state index in [1.54, 1.807) is 6.92 Å². The first-order valence-electron chi connectivity index (χ1n) is 12.5. The van der Waals surface area contributed by atoms with Crippen molar-refractivity contribution in [3.63, 3.8) is 0 Å². The Morgan fingerprint density at radius 1 is 0.829 bits per heavy atom. The molecule has 1 aliphatic heterocycles. The normalized spacial score (nSPS) is 22.1. The van der Waals surface area contributed by atoms with E-state index in [1.165, 1.54) is 32.4 Å². The number of methoxy groups -OCH3 is 2. The molecule has 226 valence electrons. The van der Waals surface area contributed by atoms with Crippen LogP contribution in [0.3, 0.4) is 0 Å². The first kappa shape index (κ1) is 32.9. The Hall–Kier alpha value is -4.33. The number of esters is 4. The number of rotatable bonds is 12. The molecule has 0 spiro atoms. The summed E-state index contributed by atoms with van der Waals surface area (Å²) in [5.74, 6) is -4.00. The molecule has 0 amide bonds. The molecule has 1 aromatic carbocycles. The van der Waals surface area contributed by atoms with E-state index in [4.69, 9.17) is 37.9 Å². The van der Waals surface area contributed by atoms with Gasteiger partial charge in [0.15, 0.2) is 23.7 Å². The van der Waals surface area contributed by atoms with Gasteiger partial charge in [0.05, 0.1) is 14.2 Å². The molecule has 1 saturated heterocycles. The maximum absolute atomic E-state index is 12.1. The van der Waals surface area contributed by atoms with E-state index in [9.17, 15) is 29.1 Å². The van der Waals surface area contributed by atoms with Gasteiger partial charge in [0, 0.05) is 33.3 Å². The van der Waals surface area contributed by atoms with Crippen molar-refractivity contribution in [3.8, 4) is 17.2 Å². The summed E-state index contributed by atoms with van der Waals surface area (Å²) in [5, 5.41) is 9.41. The molecule has 1 fully saturated rings. The minimum Gasteiger partial charge on any atom is -0.493 e. The fourth-order valence-electron chi connectivity index (χ4n) is 4.02.